The number of hydrogen-bond donors (Lipinski definition) is 1. The Labute approximate surface area is 151 Å². The fraction of sp³-hybridized carbons (Fsp3) is 0.312. The van der Waals surface area contributed by atoms with Gasteiger partial charge >= 0.3 is 5.97 Å². The van der Waals surface area contributed by atoms with E-state index in [9.17, 15) is 18.4 Å². The van der Waals surface area contributed by atoms with Gasteiger partial charge in [0.05, 0.1) is 23.3 Å². The molecule has 5 nitrogen and oxygen atoms in total. The first-order valence-corrected chi connectivity index (χ1v) is 9.32. The smallest absolute Gasteiger partial charge is 0.315 e. The molecule has 1 unspecified atom stereocenters. The van der Waals surface area contributed by atoms with E-state index in [1.807, 2.05) is 0 Å². The summed E-state index contributed by atoms with van der Waals surface area (Å²) in [6.45, 7) is 3.68. The van der Waals surface area contributed by atoms with Crippen LogP contribution in [0.5, 0.6) is 0 Å². The van der Waals surface area contributed by atoms with Crippen molar-refractivity contribution in [3.8, 4) is 11.3 Å². The number of ether oxygens (including phenoxy) is 1. The van der Waals surface area contributed by atoms with Crippen molar-refractivity contribution in [2.24, 2.45) is 0 Å². The summed E-state index contributed by atoms with van der Waals surface area (Å²) in [7, 11) is 0. The van der Waals surface area contributed by atoms with Gasteiger partial charge in [-0.25, -0.2) is 13.8 Å². The Bertz CT molecular complexity index is 768. The van der Waals surface area contributed by atoms with Crippen molar-refractivity contribution >= 4 is 40.1 Å². The average molecular weight is 386 g/mol. The number of carbonyl (C=O) groups excluding carboxylic acids is 2. The van der Waals surface area contributed by atoms with E-state index in [-0.39, 0.29) is 17.6 Å². The molecule has 0 aliphatic rings. The lowest BCUT2D eigenvalue weighted by Gasteiger charge is -2.09. The number of benzene rings is 1. The summed E-state index contributed by atoms with van der Waals surface area (Å²) in [5, 5.41) is 4.15. The summed E-state index contributed by atoms with van der Waals surface area (Å²) in [5.74, 6) is -2.48. The molecular formula is C16H16F2N2O3S2. The van der Waals surface area contributed by atoms with Crippen LogP contribution in [-0.4, -0.2) is 34.5 Å². The van der Waals surface area contributed by atoms with Crippen LogP contribution in [0.25, 0.3) is 11.3 Å². The molecule has 0 aliphatic carbocycles. The largest absolute Gasteiger partial charge is 0.465 e. The number of halogens is 2. The van der Waals surface area contributed by atoms with Gasteiger partial charge in [0.1, 0.15) is 0 Å². The summed E-state index contributed by atoms with van der Waals surface area (Å²) < 4.78 is 31.1. The first kappa shape index (κ1) is 19.3. The third-order valence-corrected chi connectivity index (χ3v) is 4.95. The molecule has 2 rings (SSSR count). The Morgan fingerprint density at radius 3 is 2.80 bits per heavy atom. The van der Waals surface area contributed by atoms with Crippen LogP contribution in [0.4, 0.5) is 13.9 Å². The highest BCUT2D eigenvalue weighted by Gasteiger charge is 2.17. The van der Waals surface area contributed by atoms with Gasteiger partial charge in [-0.05, 0) is 32.0 Å². The Balaban J connectivity index is 1.94. The molecule has 1 aromatic carbocycles. The second kappa shape index (κ2) is 8.91. The number of rotatable bonds is 7. The zero-order chi connectivity index (χ0) is 18.4. The molecule has 9 heteroatoms. The van der Waals surface area contributed by atoms with E-state index in [0.717, 1.165) is 23.9 Å². The molecule has 1 aromatic heterocycles. The van der Waals surface area contributed by atoms with Crippen LogP contribution in [0.3, 0.4) is 0 Å². The zero-order valence-electron chi connectivity index (χ0n) is 13.5. The molecule has 0 saturated carbocycles. The lowest BCUT2D eigenvalue weighted by Crippen LogP contribution is -2.24. The minimum absolute atomic E-state index is 0.0837. The number of thiazole rings is 1. The van der Waals surface area contributed by atoms with Gasteiger partial charge in [-0.2, -0.15) is 0 Å². The molecule has 0 saturated heterocycles. The number of esters is 1. The maximum Gasteiger partial charge on any atom is 0.315 e. The molecule has 2 aromatic rings. The molecule has 1 heterocycles. The first-order valence-electron chi connectivity index (χ1n) is 7.39. The highest BCUT2D eigenvalue weighted by molar-refractivity contribution is 8.01. The highest BCUT2D eigenvalue weighted by Crippen LogP contribution is 2.26. The molecule has 25 heavy (non-hydrogen) atoms. The van der Waals surface area contributed by atoms with E-state index >= 15 is 0 Å². The second-order valence-electron chi connectivity index (χ2n) is 4.91. The van der Waals surface area contributed by atoms with E-state index in [1.54, 1.807) is 19.2 Å². The fourth-order valence-corrected chi connectivity index (χ4v) is 3.20. The van der Waals surface area contributed by atoms with Crippen molar-refractivity contribution in [2.45, 2.75) is 19.1 Å². The van der Waals surface area contributed by atoms with Gasteiger partial charge in [0, 0.05) is 10.9 Å². The predicted molar refractivity (Wildman–Crippen MR) is 94.6 cm³/mol. The lowest BCUT2D eigenvalue weighted by atomic mass is 10.2. The minimum atomic E-state index is -0.958. The fourth-order valence-electron chi connectivity index (χ4n) is 1.80. The number of nitrogens with zero attached hydrogens (tertiary/aromatic N) is 1. The molecule has 1 N–H and O–H groups in total. The van der Waals surface area contributed by atoms with E-state index in [2.05, 4.69) is 10.3 Å². The Hall–Kier alpha value is -2.00. The molecular weight excluding hydrogens is 370 g/mol. The topological polar surface area (TPSA) is 68.3 Å². The van der Waals surface area contributed by atoms with Crippen molar-refractivity contribution in [1.29, 1.82) is 0 Å². The van der Waals surface area contributed by atoms with Crippen LogP contribution < -0.4 is 5.32 Å². The average Bonchev–Trinajstić information content (AvgIpc) is 3.03. The van der Waals surface area contributed by atoms with Gasteiger partial charge in [0.15, 0.2) is 16.8 Å². The van der Waals surface area contributed by atoms with Crippen LogP contribution in [0.1, 0.15) is 13.8 Å². The normalized spacial score (nSPS) is 11.8. The number of nitrogens with one attached hydrogen (secondary N) is 1. The Kier molecular flexibility index (Phi) is 6.89. The van der Waals surface area contributed by atoms with E-state index in [4.69, 9.17) is 4.74 Å². The minimum Gasteiger partial charge on any atom is -0.465 e. The van der Waals surface area contributed by atoms with Crippen molar-refractivity contribution < 1.29 is 23.1 Å². The number of anilines is 1. The highest BCUT2D eigenvalue weighted by atomic mass is 32.2. The standard InChI is InChI=1S/C16H16F2N2O3S2/c1-3-23-14(21)8-24-9(2)15(22)20-16-19-13(7-25-16)10-4-5-11(17)12(18)6-10/h4-7,9H,3,8H2,1-2H3,(H,19,20,22). The van der Waals surface area contributed by atoms with Crippen LogP contribution in [0, 0.1) is 11.6 Å². The van der Waals surface area contributed by atoms with Gasteiger partial charge < -0.3 is 10.1 Å². The molecule has 1 amide bonds. The second-order valence-corrected chi connectivity index (χ2v) is 7.10. The number of amides is 1. The first-order chi connectivity index (χ1) is 11.9. The molecule has 1 atom stereocenters. The van der Waals surface area contributed by atoms with Crippen LogP contribution in [0.2, 0.25) is 0 Å². The monoisotopic (exact) mass is 386 g/mol. The number of carbonyl (C=O) groups is 2. The SMILES string of the molecule is CCOC(=O)CSC(C)C(=O)Nc1nc(-c2ccc(F)c(F)c2)cs1. The van der Waals surface area contributed by atoms with Crippen molar-refractivity contribution in [3.63, 3.8) is 0 Å². The predicted octanol–water partition coefficient (Wildman–Crippen LogP) is 3.71. The number of aromatic nitrogens is 1. The molecule has 0 spiro atoms. The molecule has 134 valence electrons. The van der Waals surface area contributed by atoms with Crippen molar-refractivity contribution in [1.82, 2.24) is 4.98 Å². The van der Waals surface area contributed by atoms with Gasteiger partial charge in [0.2, 0.25) is 5.91 Å². The third kappa shape index (κ3) is 5.50. The third-order valence-electron chi connectivity index (χ3n) is 3.08. The summed E-state index contributed by atoms with van der Waals surface area (Å²) in [4.78, 5) is 27.6. The number of thioether (sulfide) groups is 1. The van der Waals surface area contributed by atoms with Gasteiger partial charge in [-0.15, -0.1) is 23.1 Å². The Morgan fingerprint density at radius 1 is 1.36 bits per heavy atom. The lowest BCUT2D eigenvalue weighted by molar-refractivity contribution is -0.139. The summed E-state index contributed by atoms with van der Waals surface area (Å²) in [6, 6.07) is 3.49. The maximum atomic E-state index is 13.3. The van der Waals surface area contributed by atoms with Gasteiger partial charge in [0.25, 0.3) is 0 Å². The quantitative estimate of drug-likeness (QED) is 0.735. The summed E-state index contributed by atoms with van der Waals surface area (Å²) in [6.07, 6.45) is 0. The van der Waals surface area contributed by atoms with E-state index < -0.39 is 16.9 Å². The zero-order valence-corrected chi connectivity index (χ0v) is 15.2. The number of hydrogen-bond acceptors (Lipinski definition) is 6. The van der Waals surface area contributed by atoms with Gasteiger partial charge in [-0.1, -0.05) is 0 Å². The summed E-state index contributed by atoms with van der Waals surface area (Å²) >= 11 is 2.33. The molecule has 0 fully saturated rings. The van der Waals surface area contributed by atoms with E-state index in [0.29, 0.717) is 23.0 Å². The van der Waals surface area contributed by atoms with E-state index in [1.165, 1.54) is 17.4 Å². The van der Waals surface area contributed by atoms with Gasteiger partial charge in [-0.3, -0.25) is 9.59 Å². The molecule has 0 bridgehead atoms. The van der Waals surface area contributed by atoms with Crippen molar-refractivity contribution in [3.05, 3.63) is 35.2 Å². The summed E-state index contributed by atoms with van der Waals surface area (Å²) in [5.41, 5.74) is 0.853. The van der Waals surface area contributed by atoms with Crippen LogP contribution in [0.15, 0.2) is 23.6 Å². The molecule has 0 aliphatic heterocycles. The maximum absolute atomic E-state index is 13.3. The Morgan fingerprint density at radius 2 is 2.12 bits per heavy atom. The van der Waals surface area contributed by atoms with Crippen LogP contribution >= 0.6 is 23.1 Å². The van der Waals surface area contributed by atoms with Crippen molar-refractivity contribution in [2.75, 3.05) is 17.7 Å². The van der Waals surface area contributed by atoms with Crippen LogP contribution in [-0.2, 0) is 14.3 Å². The molecule has 0 radical (unpaired) electrons.